The van der Waals surface area contributed by atoms with Crippen molar-refractivity contribution in [3.05, 3.63) is 0 Å². The Balaban J connectivity index is 2.08. The van der Waals surface area contributed by atoms with Gasteiger partial charge in [0.2, 0.25) is 0 Å². The maximum atomic E-state index is 11.4. The van der Waals surface area contributed by atoms with Gasteiger partial charge in [0, 0.05) is 26.2 Å². The van der Waals surface area contributed by atoms with E-state index in [0.29, 0.717) is 0 Å². The zero-order valence-corrected chi connectivity index (χ0v) is 12.2. The highest BCUT2D eigenvalue weighted by molar-refractivity contribution is 6.59. The van der Waals surface area contributed by atoms with Crippen molar-refractivity contribution in [3.63, 3.8) is 0 Å². The summed E-state index contributed by atoms with van der Waals surface area (Å²) >= 11 is 0. The van der Waals surface area contributed by atoms with Crippen LogP contribution in [-0.4, -0.2) is 75.7 Å². The summed E-state index contributed by atoms with van der Waals surface area (Å²) in [5, 5.41) is 3.26. The summed E-state index contributed by atoms with van der Waals surface area (Å²) in [6.07, 6.45) is 3.33. The number of piperazine rings is 1. The molecule has 4 nitrogen and oxygen atoms in total. The third-order valence-electron chi connectivity index (χ3n) is 3.75. The molecule has 0 bridgehead atoms. The molecule has 0 unspecified atom stereocenters. The summed E-state index contributed by atoms with van der Waals surface area (Å²) in [7, 11) is 3.87. The number of unbranched alkanes of at least 4 members (excludes halogenated alkanes) is 1. The van der Waals surface area contributed by atoms with E-state index in [9.17, 15) is 4.79 Å². The van der Waals surface area contributed by atoms with Crippen molar-refractivity contribution < 1.29 is 4.79 Å². The first kappa shape index (κ1) is 15.7. The molecule has 0 aromatic rings. The lowest BCUT2D eigenvalue weighted by atomic mass is 9.91. The van der Waals surface area contributed by atoms with E-state index in [4.69, 9.17) is 0 Å². The highest BCUT2D eigenvalue weighted by Gasteiger charge is 2.14. The van der Waals surface area contributed by atoms with Gasteiger partial charge in [0.15, 0.2) is 7.85 Å². The monoisotopic (exact) mass is 253 g/mol. The minimum atomic E-state index is 0.0717. The van der Waals surface area contributed by atoms with Gasteiger partial charge in [-0.2, -0.15) is 0 Å². The van der Waals surface area contributed by atoms with Crippen LogP contribution in [0.1, 0.15) is 26.2 Å². The van der Waals surface area contributed by atoms with Gasteiger partial charge in [-0.1, -0.05) is 13.3 Å². The molecule has 1 heterocycles. The summed E-state index contributed by atoms with van der Waals surface area (Å²) in [6, 6.07) is 0.0717. The van der Waals surface area contributed by atoms with Gasteiger partial charge in [0.05, 0.1) is 11.7 Å². The van der Waals surface area contributed by atoms with Crippen molar-refractivity contribution in [3.8, 4) is 0 Å². The highest BCUT2D eigenvalue weighted by Crippen LogP contribution is 2.05. The Morgan fingerprint density at radius 1 is 1.28 bits per heavy atom. The second-order valence-corrected chi connectivity index (χ2v) is 5.36. The molecule has 0 aromatic heterocycles. The zero-order valence-electron chi connectivity index (χ0n) is 12.2. The van der Waals surface area contributed by atoms with Crippen LogP contribution in [0.4, 0.5) is 0 Å². The Labute approximate surface area is 112 Å². The lowest BCUT2D eigenvalue weighted by Gasteiger charge is -2.32. The van der Waals surface area contributed by atoms with Crippen molar-refractivity contribution in [1.82, 2.24) is 15.1 Å². The van der Waals surface area contributed by atoms with Crippen LogP contribution in [0.15, 0.2) is 0 Å². The van der Waals surface area contributed by atoms with Crippen LogP contribution < -0.4 is 5.32 Å². The molecule has 1 aliphatic heterocycles. The molecule has 1 atom stereocenters. The van der Waals surface area contributed by atoms with Crippen LogP contribution >= 0.6 is 0 Å². The summed E-state index contributed by atoms with van der Waals surface area (Å²) in [5.41, 5.74) is 0.274. The second kappa shape index (κ2) is 8.67. The maximum Gasteiger partial charge on any atom is 0.189 e. The summed E-state index contributed by atoms with van der Waals surface area (Å²) in [4.78, 5) is 16.3. The van der Waals surface area contributed by atoms with Gasteiger partial charge >= 0.3 is 0 Å². The summed E-state index contributed by atoms with van der Waals surface area (Å²) in [5.74, 6) is 0. The highest BCUT2D eigenvalue weighted by atomic mass is 16.1. The van der Waals surface area contributed by atoms with Crippen LogP contribution in [0, 0.1) is 0 Å². The fourth-order valence-corrected chi connectivity index (χ4v) is 2.45. The Morgan fingerprint density at radius 2 is 1.94 bits per heavy atom. The molecular formula is C13H28BN3O. The maximum absolute atomic E-state index is 11.4. The van der Waals surface area contributed by atoms with Crippen molar-refractivity contribution in [2.45, 2.75) is 32.2 Å². The first-order valence-corrected chi connectivity index (χ1v) is 7.28. The van der Waals surface area contributed by atoms with Crippen molar-refractivity contribution in [2.75, 3.05) is 46.3 Å². The minimum Gasteiger partial charge on any atom is -0.310 e. The number of carbonyl (C=O) groups is 1. The number of nitrogens with one attached hydrogen (secondary N) is 1. The number of likely N-dealkylation sites (N-methyl/N-ethyl adjacent to an activating group) is 2. The fraction of sp³-hybridized carbons (Fsp3) is 0.923. The molecule has 0 aliphatic carbocycles. The predicted octanol–water partition coefficient (Wildman–Crippen LogP) is -0.458. The van der Waals surface area contributed by atoms with Crippen LogP contribution in [0.2, 0.25) is 0 Å². The molecule has 0 spiro atoms. The Hall–Kier alpha value is -0.385. The SMILES string of the molecule is BC(=O)[C@H](CCCCN1CCN(C)CC1)NCC. The quantitative estimate of drug-likeness (QED) is 0.469. The minimum absolute atomic E-state index is 0.0717. The topological polar surface area (TPSA) is 35.6 Å². The molecule has 1 saturated heterocycles. The van der Waals surface area contributed by atoms with Gasteiger partial charge in [-0.05, 0) is 33.0 Å². The fourth-order valence-electron chi connectivity index (χ4n) is 2.45. The first-order chi connectivity index (χ1) is 8.63. The van der Waals surface area contributed by atoms with Crippen molar-refractivity contribution >= 4 is 13.5 Å². The van der Waals surface area contributed by atoms with E-state index in [1.165, 1.54) is 39.1 Å². The van der Waals surface area contributed by atoms with E-state index < -0.39 is 0 Å². The molecule has 1 fully saturated rings. The molecule has 0 aromatic carbocycles. The number of hydrogen-bond acceptors (Lipinski definition) is 4. The van der Waals surface area contributed by atoms with E-state index in [1.54, 1.807) is 7.85 Å². The van der Waals surface area contributed by atoms with Gasteiger partial charge in [0.25, 0.3) is 0 Å². The first-order valence-electron chi connectivity index (χ1n) is 7.28. The molecule has 1 N–H and O–H groups in total. The Kier molecular flexibility index (Phi) is 7.55. The van der Waals surface area contributed by atoms with E-state index in [0.717, 1.165) is 19.4 Å². The van der Waals surface area contributed by atoms with Crippen LogP contribution in [0.3, 0.4) is 0 Å². The third-order valence-corrected chi connectivity index (χ3v) is 3.75. The van der Waals surface area contributed by atoms with E-state index in [1.807, 2.05) is 0 Å². The molecule has 0 saturated carbocycles. The zero-order chi connectivity index (χ0) is 13.4. The van der Waals surface area contributed by atoms with Gasteiger partial charge < -0.3 is 19.9 Å². The number of nitrogens with zero attached hydrogens (tertiary/aromatic N) is 2. The molecule has 0 radical (unpaired) electrons. The van der Waals surface area contributed by atoms with E-state index in [-0.39, 0.29) is 11.7 Å². The number of rotatable bonds is 8. The van der Waals surface area contributed by atoms with Gasteiger partial charge in [-0.3, -0.25) is 0 Å². The summed E-state index contributed by atoms with van der Waals surface area (Å²) in [6.45, 7) is 8.88. The predicted molar refractivity (Wildman–Crippen MR) is 78.8 cm³/mol. The van der Waals surface area contributed by atoms with Gasteiger partial charge in [-0.25, -0.2) is 0 Å². The molecule has 0 amide bonds. The normalized spacial score (nSPS) is 19.9. The lowest BCUT2D eigenvalue weighted by Crippen LogP contribution is -2.44. The average Bonchev–Trinajstić information content (AvgIpc) is 2.35. The third kappa shape index (κ3) is 5.98. The van der Waals surface area contributed by atoms with Crippen molar-refractivity contribution in [2.24, 2.45) is 0 Å². The van der Waals surface area contributed by atoms with Gasteiger partial charge in [0.1, 0.15) is 0 Å². The largest absolute Gasteiger partial charge is 0.310 e. The van der Waals surface area contributed by atoms with Crippen LogP contribution in [0.5, 0.6) is 0 Å². The van der Waals surface area contributed by atoms with Crippen LogP contribution in [-0.2, 0) is 4.79 Å². The molecule has 1 aliphatic rings. The van der Waals surface area contributed by atoms with Gasteiger partial charge in [-0.15, -0.1) is 0 Å². The Bertz CT molecular complexity index is 242. The lowest BCUT2D eigenvalue weighted by molar-refractivity contribution is -0.113. The molecule has 18 heavy (non-hydrogen) atoms. The number of carbonyl (C=O) groups excluding carboxylic acids is 1. The number of hydrogen-bond donors (Lipinski definition) is 1. The second-order valence-electron chi connectivity index (χ2n) is 5.36. The average molecular weight is 253 g/mol. The summed E-state index contributed by atoms with van der Waals surface area (Å²) < 4.78 is 0. The smallest absolute Gasteiger partial charge is 0.189 e. The molecular weight excluding hydrogens is 225 g/mol. The van der Waals surface area contributed by atoms with E-state index >= 15 is 0 Å². The molecule has 104 valence electrons. The van der Waals surface area contributed by atoms with Crippen LogP contribution in [0.25, 0.3) is 0 Å². The standard InChI is InChI=1S/C13H28BN3O/c1-3-15-12(13(14)18)6-4-5-7-17-10-8-16(2)9-11-17/h12,15H,3-11,14H2,1-2H3/t12-/m0/s1. The van der Waals surface area contributed by atoms with E-state index in [2.05, 4.69) is 29.1 Å². The molecule has 1 rings (SSSR count). The molecule has 5 heteroatoms. The Morgan fingerprint density at radius 3 is 2.50 bits per heavy atom. The van der Waals surface area contributed by atoms with Crippen molar-refractivity contribution in [1.29, 1.82) is 0 Å².